The molecule has 0 aliphatic carbocycles. The number of aromatic nitrogens is 2. The Kier molecular flexibility index (Phi) is 4.53. The molecule has 0 atom stereocenters. The molecule has 6 heteroatoms. The highest BCUT2D eigenvalue weighted by molar-refractivity contribution is 7.12. The monoisotopic (exact) mass is 390 g/mol. The molecule has 0 saturated carbocycles. The van der Waals surface area contributed by atoms with Crippen LogP contribution >= 0.6 is 11.3 Å². The molecule has 0 bridgehead atoms. The maximum Gasteiger partial charge on any atom is 0.260 e. The maximum atomic E-state index is 13.4. The molecule has 0 unspecified atom stereocenters. The van der Waals surface area contributed by atoms with Gasteiger partial charge < -0.3 is 14.8 Å². The molecule has 0 saturated heterocycles. The van der Waals surface area contributed by atoms with Crippen LogP contribution in [0.3, 0.4) is 0 Å². The topological polar surface area (TPSA) is 72.4 Å². The average molecular weight is 390 g/mol. The van der Waals surface area contributed by atoms with Gasteiger partial charge >= 0.3 is 0 Å². The van der Waals surface area contributed by atoms with E-state index in [-0.39, 0.29) is 12.0 Å². The van der Waals surface area contributed by atoms with Crippen molar-refractivity contribution in [2.45, 2.75) is 20.8 Å². The SMILES string of the molecule is CC(C)(C)[C-](O)[n+]1c(C([O-])=C2C=Nc3ccccc32)c[s+][c-]1-c1cccnc1. The molecule has 28 heavy (non-hydrogen) atoms. The first kappa shape index (κ1) is 18.4. The van der Waals surface area contributed by atoms with Crippen LogP contribution < -0.4 is 9.67 Å². The minimum absolute atomic E-state index is 0.111. The quantitative estimate of drug-likeness (QED) is 0.320. The highest BCUT2D eigenvalue weighted by Crippen LogP contribution is 2.36. The Morgan fingerprint density at radius 2 is 2.00 bits per heavy atom. The summed E-state index contributed by atoms with van der Waals surface area (Å²) in [6.45, 7) is 5.73. The van der Waals surface area contributed by atoms with E-state index in [9.17, 15) is 10.2 Å². The largest absolute Gasteiger partial charge is 0.885 e. The summed E-state index contributed by atoms with van der Waals surface area (Å²) in [5.74, 6) is -0.170. The van der Waals surface area contributed by atoms with Gasteiger partial charge in [0.2, 0.25) is 0 Å². The van der Waals surface area contributed by atoms with Crippen molar-refractivity contribution in [3.05, 3.63) is 71.7 Å². The van der Waals surface area contributed by atoms with Crippen molar-refractivity contribution in [3.63, 3.8) is 0 Å². The number of hydrogen-bond acceptors (Lipinski definition) is 4. The number of thiazole rings is 1. The Morgan fingerprint density at radius 3 is 2.71 bits per heavy atom. The summed E-state index contributed by atoms with van der Waals surface area (Å²) in [6.07, 6.45) is 5.14. The van der Waals surface area contributed by atoms with Gasteiger partial charge in [0.1, 0.15) is 16.7 Å². The Hall–Kier alpha value is -2.96. The molecule has 1 aliphatic rings. The van der Waals surface area contributed by atoms with Crippen LogP contribution in [-0.2, 0) is 0 Å². The molecule has 3 heterocycles. The van der Waals surface area contributed by atoms with Crippen LogP contribution in [-0.4, -0.2) is 16.3 Å². The van der Waals surface area contributed by atoms with E-state index in [2.05, 4.69) is 9.98 Å². The number of fused-ring (bicyclic) bond motifs is 1. The summed E-state index contributed by atoms with van der Waals surface area (Å²) in [6, 6.07) is 11.3. The molecule has 4 rings (SSSR count). The van der Waals surface area contributed by atoms with E-state index in [1.165, 1.54) is 11.3 Å². The molecule has 3 aromatic rings. The normalized spacial score (nSPS) is 14.9. The van der Waals surface area contributed by atoms with Crippen molar-refractivity contribution in [3.8, 4) is 10.6 Å². The maximum absolute atomic E-state index is 13.4. The van der Waals surface area contributed by atoms with Gasteiger partial charge in [-0.05, 0) is 23.1 Å². The third kappa shape index (κ3) is 3.10. The molecule has 1 aliphatic heterocycles. The van der Waals surface area contributed by atoms with Crippen molar-refractivity contribution in [2.75, 3.05) is 0 Å². The molecule has 0 amide bonds. The number of nitrogens with zero attached hydrogens (tertiary/aromatic N) is 3. The summed E-state index contributed by atoms with van der Waals surface area (Å²) < 4.78 is 1.64. The number of pyridine rings is 1. The van der Waals surface area contributed by atoms with E-state index in [1.54, 1.807) is 28.6 Å². The van der Waals surface area contributed by atoms with Crippen molar-refractivity contribution in [2.24, 2.45) is 10.4 Å². The van der Waals surface area contributed by atoms with Gasteiger partial charge in [-0.15, -0.1) is 5.76 Å². The molecular formula is C22H20N3O2S-. The minimum Gasteiger partial charge on any atom is -0.885 e. The third-order valence-electron chi connectivity index (χ3n) is 4.52. The zero-order chi connectivity index (χ0) is 19.9. The molecule has 0 fully saturated rings. The van der Waals surface area contributed by atoms with E-state index in [1.807, 2.05) is 57.2 Å². The fourth-order valence-electron chi connectivity index (χ4n) is 3.05. The lowest BCUT2D eigenvalue weighted by Gasteiger charge is -2.35. The summed E-state index contributed by atoms with van der Waals surface area (Å²) >= 11 is 1.41. The predicted octanol–water partition coefficient (Wildman–Crippen LogP) is 3.80. The molecule has 5 nitrogen and oxygen atoms in total. The lowest BCUT2D eigenvalue weighted by atomic mass is 9.93. The van der Waals surface area contributed by atoms with E-state index in [4.69, 9.17) is 0 Å². The van der Waals surface area contributed by atoms with Gasteiger partial charge in [0.15, 0.2) is 0 Å². The van der Waals surface area contributed by atoms with Gasteiger partial charge in [-0.25, -0.2) is 0 Å². The molecule has 0 radical (unpaired) electrons. The second-order valence-corrected chi connectivity index (χ2v) is 8.45. The zero-order valence-corrected chi connectivity index (χ0v) is 16.7. The average Bonchev–Trinajstić information content (AvgIpc) is 3.31. The molecule has 0 spiro atoms. The first-order chi connectivity index (χ1) is 13.4. The number of aliphatic imine (C=N–C) groups is 1. The van der Waals surface area contributed by atoms with Crippen molar-refractivity contribution < 1.29 is 14.8 Å². The summed E-state index contributed by atoms with van der Waals surface area (Å²) in [4.78, 5) is 8.52. The molecule has 2 aromatic heterocycles. The van der Waals surface area contributed by atoms with Gasteiger partial charge in [0.05, 0.1) is 11.9 Å². The minimum atomic E-state index is -0.538. The number of rotatable bonds is 3. The highest BCUT2D eigenvalue weighted by atomic mass is 32.1. The number of allylic oxidation sites excluding steroid dienone is 1. The van der Waals surface area contributed by atoms with E-state index in [0.717, 1.165) is 21.8 Å². The fourth-order valence-corrected chi connectivity index (χ4v) is 4.03. The predicted molar refractivity (Wildman–Crippen MR) is 109 cm³/mol. The lowest BCUT2D eigenvalue weighted by molar-refractivity contribution is -0.688. The Morgan fingerprint density at radius 1 is 1.21 bits per heavy atom. The van der Waals surface area contributed by atoms with E-state index < -0.39 is 5.41 Å². The molecule has 142 valence electrons. The van der Waals surface area contributed by atoms with Gasteiger partial charge in [0, 0.05) is 35.4 Å². The number of hydrogen-bond donors (Lipinski definition) is 1. The fraction of sp³-hybridized carbons (Fsp3) is 0.182. The third-order valence-corrected chi connectivity index (χ3v) is 5.50. The van der Waals surface area contributed by atoms with Gasteiger partial charge in [-0.2, -0.15) is 0 Å². The van der Waals surface area contributed by atoms with Crippen LogP contribution in [0.1, 0.15) is 32.0 Å². The number of aliphatic hydroxyl groups excluding tert-OH is 1. The zero-order valence-electron chi connectivity index (χ0n) is 15.9. The number of para-hydroxylation sites is 1. The summed E-state index contributed by atoms with van der Waals surface area (Å²) in [5, 5.41) is 27.0. The van der Waals surface area contributed by atoms with Gasteiger partial charge in [0.25, 0.3) is 5.01 Å². The summed E-state index contributed by atoms with van der Waals surface area (Å²) in [5.41, 5.74) is 2.83. The first-order valence-corrected chi connectivity index (χ1v) is 9.81. The first-order valence-electron chi connectivity index (χ1n) is 8.94. The number of aliphatic hydroxyl groups is 1. The van der Waals surface area contributed by atoms with Gasteiger partial charge in [-0.3, -0.25) is 9.98 Å². The van der Waals surface area contributed by atoms with E-state index in [0.29, 0.717) is 11.3 Å². The van der Waals surface area contributed by atoms with Crippen LogP contribution in [0.25, 0.3) is 21.9 Å². The highest BCUT2D eigenvalue weighted by Gasteiger charge is 2.27. The van der Waals surface area contributed by atoms with Crippen LogP contribution in [0.15, 0.2) is 59.2 Å². The number of benzene rings is 1. The lowest BCUT2D eigenvalue weighted by Crippen LogP contribution is -2.50. The van der Waals surface area contributed by atoms with Crippen LogP contribution in [0.4, 0.5) is 5.69 Å². The van der Waals surface area contributed by atoms with Crippen LogP contribution in [0.2, 0.25) is 0 Å². The van der Waals surface area contributed by atoms with Crippen LogP contribution in [0, 0.1) is 11.6 Å². The molecule has 1 N–H and O–H groups in total. The Labute approximate surface area is 168 Å². The van der Waals surface area contributed by atoms with Crippen molar-refractivity contribution in [1.29, 1.82) is 0 Å². The van der Waals surface area contributed by atoms with Crippen molar-refractivity contribution in [1.82, 2.24) is 4.98 Å². The summed E-state index contributed by atoms with van der Waals surface area (Å²) in [7, 11) is 0. The Balaban J connectivity index is 1.93. The molecule has 1 aromatic carbocycles. The van der Waals surface area contributed by atoms with Crippen molar-refractivity contribution >= 4 is 34.6 Å². The second kappa shape index (κ2) is 6.89. The van der Waals surface area contributed by atoms with E-state index >= 15 is 0 Å². The van der Waals surface area contributed by atoms with Crippen LogP contribution in [0.5, 0.6) is 0 Å². The standard InChI is InChI=1S/C22H21N3O2S/c1-22(2,3)21(27)25-18(13-28-20(25)14-7-6-10-23-11-14)19(26)16-12-24-17-9-5-4-8-15(16)17/h4-13,26-27H,1-3H3/p-1. The second-order valence-electron chi connectivity index (χ2n) is 7.59. The Bertz CT molecular complexity index is 1080. The van der Waals surface area contributed by atoms with Gasteiger partial charge in [-0.1, -0.05) is 45.0 Å². The smallest absolute Gasteiger partial charge is 0.260 e. The molecular weight excluding hydrogens is 370 g/mol.